The average molecular weight is 434 g/mol. The van der Waals surface area contributed by atoms with Crippen molar-refractivity contribution in [2.24, 2.45) is 0 Å². The van der Waals surface area contributed by atoms with Gasteiger partial charge in [0, 0.05) is 36.3 Å². The first-order valence-electron chi connectivity index (χ1n) is 10.3. The lowest BCUT2D eigenvalue weighted by molar-refractivity contribution is 0.383. The Hall–Kier alpha value is -4.01. The van der Waals surface area contributed by atoms with E-state index < -0.39 is 5.82 Å². The number of halogens is 1. The van der Waals surface area contributed by atoms with Gasteiger partial charge in [-0.25, -0.2) is 13.8 Å². The molecule has 0 radical (unpaired) electrons. The van der Waals surface area contributed by atoms with Crippen LogP contribution in [0.1, 0.15) is 31.4 Å². The molecule has 0 bridgehead atoms. The Kier molecular flexibility index (Phi) is 6.25. The Morgan fingerprint density at radius 1 is 1.28 bits per heavy atom. The molecule has 164 valence electrons. The number of nitrogens with one attached hydrogen (secondary N) is 2. The van der Waals surface area contributed by atoms with Gasteiger partial charge in [-0.05, 0) is 43.9 Å². The first-order valence-corrected chi connectivity index (χ1v) is 10.3. The van der Waals surface area contributed by atoms with Crippen molar-refractivity contribution in [3.05, 3.63) is 82.3 Å². The third kappa shape index (κ3) is 4.36. The normalized spacial score (nSPS) is 14.1. The smallest absolute Gasteiger partial charge is 0.216 e. The van der Waals surface area contributed by atoms with Gasteiger partial charge in [-0.3, -0.25) is 4.79 Å². The van der Waals surface area contributed by atoms with Crippen molar-refractivity contribution in [3.8, 4) is 17.3 Å². The molecule has 1 aliphatic rings. The molecule has 3 aromatic rings. The summed E-state index contributed by atoms with van der Waals surface area (Å²) in [5.74, 6) is -0.0619. The lowest BCUT2D eigenvalue weighted by Crippen LogP contribution is -2.23. The molecule has 2 N–H and O–H groups in total. The van der Waals surface area contributed by atoms with Gasteiger partial charge in [0.15, 0.2) is 11.5 Å². The van der Waals surface area contributed by atoms with Crippen molar-refractivity contribution in [3.63, 3.8) is 0 Å². The van der Waals surface area contributed by atoms with Crippen molar-refractivity contribution in [1.82, 2.24) is 24.9 Å². The van der Waals surface area contributed by atoms with Gasteiger partial charge in [-0.2, -0.15) is 10.2 Å². The van der Waals surface area contributed by atoms with Crippen LogP contribution in [0, 0.1) is 11.2 Å². The highest BCUT2D eigenvalue weighted by molar-refractivity contribution is 5.81. The second kappa shape index (κ2) is 9.42. The summed E-state index contributed by atoms with van der Waals surface area (Å²) >= 11 is 0. The number of benzene rings is 1. The molecule has 4 rings (SSSR count). The van der Waals surface area contributed by atoms with Crippen LogP contribution in [0.2, 0.25) is 0 Å². The van der Waals surface area contributed by atoms with Crippen molar-refractivity contribution in [1.29, 1.82) is 5.41 Å². The number of ether oxygens (including phenoxy) is 1. The molecule has 2 aromatic heterocycles. The fourth-order valence-electron chi connectivity index (χ4n) is 3.57. The largest absolute Gasteiger partial charge is 0.481 e. The van der Waals surface area contributed by atoms with E-state index in [-0.39, 0.29) is 16.8 Å². The molecule has 0 amide bonds. The van der Waals surface area contributed by atoms with E-state index in [0.29, 0.717) is 17.3 Å². The van der Waals surface area contributed by atoms with Crippen LogP contribution < -0.4 is 15.5 Å². The molecule has 1 aliphatic carbocycles. The fraction of sp³-hybridized carbons (Fsp3) is 0.217. The number of aromatic nitrogens is 4. The number of hydrogen-bond acceptors (Lipinski definition) is 6. The van der Waals surface area contributed by atoms with Crippen LogP contribution in [0.5, 0.6) is 5.88 Å². The SMILES string of the molecule is COc1ccnn1-c1ccc(-n2ccc(=O)c(/C(=C/C=N)NC3=CCCCC3)n2)c(F)c1. The second-order valence-electron chi connectivity index (χ2n) is 7.24. The lowest BCUT2D eigenvalue weighted by Gasteiger charge is -2.17. The first-order chi connectivity index (χ1) is 15.6. The van der Waals surface area contributed by atoms with Crippen LogP contribution in [0.15, 0.2) is 65.4 Å². The number of allylic oxidation sites excluding steroid dienone is 3. The molecule has 0 fully saturated rings. The van der Waals surface area contributed by atoms with E-state index in [0.717, 1.165) is 37.6 Å². The van der Waals surface area contributed by atoms with E-state index in [9.17, 15) is 4.79 Å². The summed E-state index contributed by atoms with van der Waals surface area (Å²) < 4.78 is 23.0. The summed E-state index contributed by atoms with van der Waals surface area (Å²) in [6.45, 7) is 0. The molecule has 32 heavy (non-hydrogen) atoms. The third-order valence-corrected chi connectivity index (χ3v) is 5.14. The highest BCUT2D eigenvalue weighted by Gasteiger charge is 2.15. The zero-order chi connectivity index (χ0) is 22.5. The minimum atomic E-state index is -0.539. The quantitative estimate of drug-likeness (QED) is 0.554. The monoisotopic (exact) mass is 434 g/mol. The number of nitrogens with zero attached hydrogens (tertiary/aromatic N) is 4. The van der Waals surface area contributed by atoms with Crippen LogP contribution in [-0.4, -0.2) is 32.9 Å². The Labute approximate surface area is 184 Å². The van der Waals surface area contributed by atoms with Crippen molar-refractivity contribution in [2.45, 2.75) is 25.7 Å². The standard InChI is InChI=1S/C23H23FN6O2/c1-32-22-10-13-26-30(22)17-7-8-20(18(24)15-17)29-14-11-21(31)23(28-29)19(9-12-25)27-16-5-3-2-4-6-16/h5,7-15,25,27H,2-4,6H2,1H3/b19-9-,25-12?. The Morgan fingerprint density at radius 2 is 2.16 bits per heavy atom. The molecule has 8 nitrogen and oxygen atoms in total. The minimum absolute atomic E-state index is 0.111. The van der Waals surface area contributed by atoms with Crippen molar-refractivity contribution >= 4 is 11.9 Å². The Bertz CT molecular complexity index is 1260. The second-order valence-corrected chi connectivity index (χ2v) is 7.24. The van der Waals surface area contributed by atoms with Crippen LogP contribution in [0.4, 0.5) is 4.39 Å². The average Bonchev–Trinajstić information content (AvgIpc) is 3.29. The molecule has 1 aromatic carbocycles. The Morgan fingerprint density at radius 3 is 2.88 bits per heavy atom. The first kappa shape index (κ1) is 21.2. The van der Waals surface area contributed by atoms with Crippen LogP contribution >= 0.6 is 0 Å². The fourth-order valence-corrected chi connectivity index (χ4v) is 3.57. The van der Waals surface area contributed by atoms with Crippen LogP contribution in [0.25, 0.3) is 17.1 Å². The van der Waals surface area contributed by atoms with E-state index in [1.165, 1.54) is 40.9 Å². The van der Waals surface area contributed by atoms with Crippen LogP contribution in [-0.2, 0) is 0 Å². The van der Waals surface area contributed by atoms with E-state index in [1.54, 1.807) is 24.4 Å². The van der Waals surface area contributed by atoms with E-state index in [1.807, 2.05) is 0 Å². The molecule has 0 unspecified atom stereocenters. The van der Waals surface area contributed by atoms with Gasteiger partial charge < -0.3 is 15.5 Å². The summed E-state index contributed by atoms with van der Waals surface area (Å²) in [6, 6.07) is 7.58. The summed E-state index contributed by atoms with van der Waals surface area (Å²) in [5, 5.41) is 19.2. The van der Waals surface area contributed by atoms with Crippen molar-refractivity contribution in [2.75, 3.05) is 7.11 Å². The molecule has 0 atom stereocenters. The van der Waals surface area contributed by atoms with Crippen LogP contribution in [0.3, 0.4) is 0 Å². The zero-order valence-corrected chi connectivity index (χ0v) is 17.6. The molecule has 0 aliphatic heterocycles. The number of methoxy groups -OCH3 is 1. The molecule has 2 heterocycles. The van der Waals surface area contributed by atoms with Gasteiger partial charge in [0.25, 0.3) is 0 Å². The molecule has 0 saturated heterocycles. The third-order valence-electron chi connectivity index (χ3n) is 5.14. The molecule has 0 spiro atoms. The predicted molar refractivity (Wildman–Crippen MR) is 120 cm³/mol. The zero-order valence-electron chi connectivity index (χ0n) is 17.6. The maximum absolute atomic E-state index is 15.0. The maximum Gasteiger partial charge on any atom is 0.216 e. The predicted octanol–water partition coefficient (Wildman–Crippen LogP) is 3.60. The summed E-state index contributed by atoms with van der Waals surface area (Å²) in [7, 11) is 1.51. The van der Waals surface area contributed by atoms with Gasteiger partial charge >= 0.3 is 0 Å². The number of hydrogen-bond donors (Lipinski definition) is 2. The van der Waals surface area contributed by atoms with Gasteiger partial charge in [0.05, 0.1) is 24.7 Å². The summed E-state index contributed by atoms with van der Waals surface area (Å²) in [5.41, 5.74) is 1.85. The van der Waals surface area contributed by atoms with Gasteiger partial charge in [-0.1, -0.05) is 6.08 Å². The van der Waals surface area contributed by atoms with Gasteiger partial charge in [0.1, 0.15) is 5.69 Å². The van der Waals surface area contributed by atoms with Gasteiger partial charge in [0.2, 0.25) is 11.3 Å². The summed E-state index contributed by atoms with van der Waals surface area (Å²) in [6.07, 6.45) is 11.7. The topological polar surface area (TPSA) is 97.8 Å². The highest BCUT2D eigenvalue weighted by Crippen LogP contribution is 2.22. The molecule has 0 saturated carbocycles. The van der Waals surface area contributed by atoms with E-state index >= 15 is 4.39 Å². The molecular formula is C23H23FN6O2. The lowest BCUT2D eigenvalue weighted by atomic mass is 10.0. The van der Waals surface area contributed by atoms with E-state index in [4.69, 9.17) is 10.1 Å². The summed E-state index contributed by atoms with van der Waals surface area (Å²) in [4.78, 5) is 12.6. The Balaban J connectivity index is 1.70. The molecular weight excluding hydrogens is 411 g/mol. The van der Waals surface area contributed by atoms with E-state index in [2.05, 4.69) is 21.6 Å². The molecule has 9 heteroatoms. The van der Waals surface area contributed by atoms with Crippen molar-refractivity contribution < 1.29 is 9.13 Å². The highest BCUT2D eigenvalue weighted by atomic mass is 19.1. The number of rotatable bonds is 7. The minimum Gasteiger partial charge on any atom is -0.481 e. The van der Waals surface area contributed by atoms with Gasteiger partial charge in [-0.15, -0.1) is 0 Å². The maximum atomic E-state index is 15.0.